The molecule has 1 aliphatic heterocycles. The van der Waals surface area contributed by atoms with Crippen LogP contribution in [0, 0.1) is 0 Å². The van der Waals surface area contributed by atoms with Crippen LogP contribution in [0.3, 0.4) is 0 Å². The molecule has 2 rings (SSSR count). The van der Waals surface area contributed by atoms with Gasteiger partial charge in [-0.1, -0.05) is 18.2 Å². The fourth-order valence-electron chi connectivity index (χ4n) is 2.69. The average Bonchev–Trinajstić information content (AvgIpc) is 2.47. The van der Waals surface area contributed by atoms with Gasteiger partial charge in [0.1, 0.15) is 5.75 Å². The number of aliphatic hydroxyl groups is 1. The number of halogens is 1. The molecular formula is C15H25ClN2O2. The van der Waals surface area contributed by atoms with E-state index in [-0.39, 0.29) is 25.1 Å². The van der Waals surface area contributed by atoms with Gasteiger partial charge < -0.3 is 15.2 Å². The summed E-state index contributed by atoms with van der Waals surface area (Å²) in [6.07, 6.45) is 0.754. The van der Waals surface area contributed by atoms with Crippen molar-refractivity contribution in [3.63, 3.8) is 0 Å². The van der Waals surface area contributed by atoms with E-state index in [4.69, 9.17) is 4.74 Å². The van der Waals surface area contributed by atoms with Crippen molar-refractivity contribution in [2.24, 2.45) is 0 Å². The number of nitrogens with one attached hydrogen (secondary N) is 1. The van der Waals surface area contributed by atoms with Crippen molar-refractivity contribution in [1.82, 2.24) is 10.2 Å². The first-order chi connectivity index (χ1) is 9.36. The monoisotopic (exact) mass is 300 g/mol. The van der Waals surface area contributed by atoms with Crippen LogP contribution in [0.4, 0.5) is 0 Å². The number of piperazine rings is 1. The highest BCUT2D eigenvalue weighted by Gasteiger charge is 2.24. The van der Waals surface area contributed by atoms with Crippen LogP contribution in [0.25, 0.3) is 0 Å². The van der Waals surface area contributed by atoms with Crippen LogP contribution in [0.1, 0.15) is 24.9 Å². The lowest BCUT2D eigenvalue weighted by atomic mass is 10.0. The van der Waals surface area contributed by atoms with Crippen molar-refractivity contribution < 1.29 is 9.84 Å². The van der Waals surface area contributed by atoms with E-state index in [2.05, 4.69) is 16.3 Å². The van der Waals surface area contributed by atoms with Gasteiger partial charge in [-0.25, -0.2) is 0 Å². The van der Waals surface area contributed by atoms with Gasteiger partial charge in [0.15, 0.2) is 0 Å². The van der Waals surface area contributed by atoms with Crippen LogP contribution in [0.5, 0.6) is 5.75 Å². The highest BCUT2D eigenvalue weighted by atomic mass is 35.5. The lowest BCUT2D eigenvalue weighted by Crippen LogP contribution is -2.45. The maximum atomic E-state index is 9.37. The second kappa shape index (κ2) is 9.19. The van der Waals surface area contributed by atoms with Crippen molar-refractivity contribution in [1.29, 1.82) is 0 Å². The summed E-state index contributed by atoms with van der Waals surface area (Å²) in [5.74, 6) is 0.946. The first-order valence-corrected chi connectivity index (χ1v) is 7.14. The number of hydrogen-bond donors (Lipinski definition) is 2. The Hall–Kier alpha value is -0.810. The number of aliphatic hydroxyl groups excluding tert-OH is 1. The maximum absolute atomic E-state index is 9.37. The second-order valence-corrected chi connectivity index (χ2v) is 4.78. The molecule has 1 aliphatic rings. The average molecular weight is 301 g/mol. The Kier molecular flexibility index (Phi) is 7.92. The summed E-state index contributed by atoms with van der Waals surface area (Å²) >= 11 is 0. The molecule has 0 aliphatic carbocycles. The molecule has 2 N–H and O–H groups in total. The number of para-hydroxylation sites is 1. The highest BCUT2D eigenvalue weighted by Crippen LogP contribution is 2.31. The molecular weight excluding hydrogens is 276 g/mol. The third kappa shape index (κ3) is 4.35. The number of benzene rings is 1. The zero-order valence-electron chi connectivity index (χ0n) is 12.0. The van der Waals surface area contributed by atoms with E-state index in [1.54, 1.807) is 0 Å². The van der Waals surface area contributed by atoms with Crippen LogP contribution in [0.2, 0.25) is 0 Å². The Balaban J connectivity index is 0.00000200. The van der Waals surface area contributed by atoms with Gasteiger partial charge in [-0.15, -0.1) is 12.4 Å². The number of hydrogen-bond acceptors (Lipinski definition) is 4. The molecule has 1 fully saturated rings. The minimum atomic E-state index is 0. The first kappa shape index (κ1) is 17.2. The zero-order chi connectivity index (χ0) is 13.5. The number of ether oxygens (including phenoxy) is 1. The van der Waals surface area contributed by atoms with Crippen molar-refractivity contribution in [2.45, 2.75) is 19.4 Å². The van der Waals surface area contributed by atoms with Gasteiger partial charge in [-0.2, -0.15) is 0 Å². The van der Waals surface area contributed by atoms with E-state index >= 15 is 0 Å². The summed E-state index contributed by atoms with van der Waals surface area (Å²) in [6.45, 7) is 6.94. The summed E-state index contributed by atoms with van der Waals surface area (Å²) in [6, 6.07) is 8.43. The summed E-state index contributed by atoms with van der Waals surface area (Å²) < 4.78 is 5.73. The SMILES string of the molecule is CCOc1ccccc1[C@H](CCO)N1CCNCC1.Cl. The Labute approximate surface area is 127 Å². The van der Waals surface area contributed by atoms with Crippen LogP contribution in [0.15, 0.2) is 24.3 Å². The number of rotatable bonds is 6. The minimum Gasteiger partial charge on any atom is -0.494 e. The van der Waals surface area contributed by atoms with Gasteiger partial charge >= 0.3 is 0 Å². The smallest absolute Gasteiger partial charge is 0.124 e. The molecule has 4 nitrogen and oxygen atoms in total. The summed E-state index contributed by atoms with van der Waals surface area (Å²) in [5, 5.41) is 12.7. The Bertz CT molecular complexity index is 384. The Morgan fingerprint density at radius 1 is 1.30 bits per heavy atom. The van der Waals surface area contributed by atoms with Crippen LogP contribution >= 0.6 is 12.4 Å². The van der Waals surface area contributed by atoms with E-state index in [1.807, 2.05) is 25.1 Å². The maximum Gasteiger partial charge on any atom is 0.124 e. The molecule has 114 valence electrons. The van der Waals surface area contributed by atoms with Gasteiger partial charge in [-0.05, 0) is 19.4 Å². The third-order valence-corrected chi connectivity index (χ3v) is 3.57. The standard InChI is InChI=1S/C15H24N2O2.ClH/c1-2-19-15-6-4-3-5-13(15)14(7-12-18)17-10-8-16-9-11-17;/h3-6,14,16,18H,2,7-12H2,1H3;1H/t14-;/m0./s1. The van der Waals surface area contributed by atoms with E-state index in [0.29, 0.717) is 6.61 Å². The lowest BCUT2D eigenvalue weighted by molar-refractivity contribution is 0.138. The van der Waals surface area contributed by atoms with Crippen molar-refractivity contribution in [3.8, 4) is 5.75 Å². The van der Waals surface area contributed by atoms with Gasteiger partial charge in [0.05, 0.1) is 6.61 Å². The van der Waals surface area contributed by atoms with Crippen molar-refractivity contribution in [3.05, 3.63) is 29.8 Å². The summed E-state index contributed by atoms with van der Waals surface area (Å²) in [5.41, 5.74) is 1.19. The number of nitrogens with zero attached hydrogens (tertiary/aromatic N) is 1. The van der Waals surface area contributed by atoms with Crippen molar-refractivity contribution >= 4 is 12.4 Å². The molecule has 0 unspecified atom stereocenters. The third-order valence-electron chi connectivity index (χ3n) is 3.57. The largest absolute Gasteiger partial charge is 0.494 e. The molecule has 0 bridgehead atoms. The predicted octanol–water partition coefficient (Wildman–Crippen LogP) is 1.84. The fraction of sp³-hybridized carbons (Fsp3) is 0.600. The molecule has 0 aromatic heterocycles. The van der Waals surface area contributed by atoms with Gasteiger partial charge in [-0.3, -0.25) is 4.90 Å². The quantitative estimate of drug-likeness (QED) is 0.841. The molecule has 1 aromatic carbocycles. The Morgan fingerprint density at radius 3 is 2.65 bits per heavy atom. The van der Waals surface area contributed by atoms with Crippen LogP contribution in [-0.2, 0) is 0 Å². The first-order valence-electron chi connectivity index (χ1n) is 7.14. The van der Waals surface area contributed by atoms with E-state index in [0.717, 1.165) is 38.3 Å². The molecule has 0 saturated carbocycles. The molecule has 0 radical (unpaired) electrons. The van der Waals surface area contributed by atoms with Gasteiger partial charge in [0.2, 0.25) is 0 Å². The lowest BCUT2D eigenvalue weighted by Gasteiger charge is -2.35. The molecule has 0 spiro atoms. The van der Waals surface area contributed by atoms with Crippen LogP contribution < -0.4 is 10.1 Å². The molecule has 0 amide bonds. The molecule has 1 heterocycles. The summed E-state index contributed by atoms with van der Waals surface area (Å²) in [7, 11) is 0. The van der Waals surface area contributed by atoms with E-state index in [9.17, 15) is 5.11 Å². The van der Waals surface area contributed by atoms with E-state index in [1.165, 1.54) is 5.56 Å². The zero-order valence-corrected chi connectivity index (χ0v) is 12.9. The normalized spacial score (nSPS) is 17.3. The molecule has 20 heavy (non-hydrogen) atoms. The summed E-state index contributed by atoms with van der Waals surface area (Å²) in [4.78, 5) is 2.44. The van der Waals surface area contributed by atoms with E-state index < -0.39 is 0 Å². The molecule has 1 aromatic rings. The van der Waals surface area contributed by atoms with Crippen LogP contribution in [-0.4, -0.2) is 49.4 Å². The predicted molar refractivity (Wildman–Crippen MR) is 83.7 cm³/mol. The fourth-order valence-corrected chi connectivity index (χ4v) is 2.69. The van der Waals surface area contributed by atoms with Gasteiger partial charge in [0.25, 0.3) is 0 Å². The second-order valence-electron chi connectivity index (χ2n) is 4.78. The minimum absolute atomic E-state index is 0. The Morgan fingerprint density at radius 2 is 2.00 bits per heavy atom. The molecule has 1 saturated heterocycles. The topological polar surface area (TPSA) is 44.7 Å². The highest BCUT2D eigenvalue weighted by molar-refractivity contribution is 5.85. The van der Waals surface area contributed by atoms with Crippen molar-refractivity contribution in [2.75, 3.05) is 39.4 Å². The van der Waals surface area contributed by atoms with Gasteiger partial charge in [0, 0.05) is 44.4 Å². The molecule has 1 atom stereocenters. The molecule has 5 heteroatoms.